The minimum Gasteiger partial charge on any atom is -0.316 e. The molecule has 1 aliphatic heterocycles. The average molecular weight is 263 g/mol. The van der Waals surface area contributed by atoms with Crippen LogP contribution in [0.3, 0.4) is 0 Å². The molecular formula is C14H15F2N3. The predicted molar refractivity (Wildman–Crippen MR) is 68.8 cm³/mol. The van der Waals surface area contributed by atoms with E-state index < -0.39 is 11.6 Å². The molecular weight excluding hydrogens is 248 g/mol. The van der Waals surface area contributed by atoms with Crippen molar-refractivity contribution in [2.75, 3.05) is 13.1 Å². The topological polar surface area (TPSA) is 40.7 Å². The summed E-state index contributed by atoms with van der Waals surface area (Å²) < 4.78 is 26.8. The number of piperidine rings is 1. The number of benzene rings is 1. The summed E-state index contributed by atoms with van der Waals surface area (Å²) in [6, 6.07) is 3.65. The van der Waals surface area contributed by atoms with Gasteiger partial charge in [-0.2, -0.15) is 5.10 Å². The number of rotatable bonds is 2. The maximum atomic E-state index is 13.9. The molecule has 100 valence electrons. The molecule has 0 unspecified atom stereocenters. The molecule has 2 aromatic rings. The van der Waals surface area contributed by atoms with Crippen LogP contribution in [0, 0.1) is 11.6 Å². The van der Waals surface area contributed by atoms with Gasteiger partial charge in [0.25, 0.3) is 0 Å². The van der Waals surface area contributed by atoms with Crippen LogP contribution in [0.5, 0.6) is 0 Å². The Morgan fingerprint density at radius 1 is 1.21 bits per heavy atom. The van der Waals surface area contributed by atoms with Crippen LogP contribution in [0.2, 0.25) is 0 Å². The summed E-state index contributed by atoms with van der Waals surface area (Å²) in [6.45, 7) is 1.88. The second-order valence-electron chi connectivity index (χ2n) is 4.86. The van der Waals surface area contributed by atoms with Crippen molar-refractivity contribution in [1.29, 1.82) is 0 Å². The molecule has 1 saturated heterocycles. The average Bonchev–Trinajstić information content (AvgIpc) is 2.89. The second kappa shape index (κ2) is 5.09. The summed E-state index contributed by atoms with van der Waals surface area (Å²) in [7, 11) is 0. The molecule has 0 saturated carbocycles. The Morgan fingerprint density at radius 3 is 2.84 bits per heavy atom. The van der Waals surface area contributed by atoms with E-state index in [0.717, 1.165) is 43.3 Å². The van der Waals surface area contributed by atoms with Crippen LogP contribution in [-0.2, 0) is 0 Å². The first kappa shape index (κ1) is 12.3. The lowest BCUT2D eigenvalue weighted by Gasteiger charge is -2.22. The maximum Gasteiger partial charge on any atom is 0.134 e. The van der Waals surface area contributed by atoms with E-state index in [0.29, 0.717) is 11.5 Å². The molecule has 1 atom stereocenters. The summed E-state index contributed by atoms with van der Waals surface area (Å²) >= 11 is 0. The molecule has 0 bridgehead atoms. The van der Waals surface area contributed by atoms with Gasteiger partial charge in [0.2, 0.25) is 0 Å². The number of aromatic nitrogens is 2. The van der Waals surface area contributed by atoms with Gasteiger partial charge in [0.1, 0.15) is 11.6 Å². The highest BCUT2D eigenvalue weighted by atomic mass is 19.1. The van der Waals surface area contributed by atoms with Gasteiger partial charge in [-0.3, -0.25) is 5.10 Å². The van der Waals surface area contributed by atoms with Crippen molar-refractivity contribution in [2.24, 2.45) is 0 Å². The smallest absolute Gasteiger partial charge is 0.134 e. The molecule has 1 aliphatic rings. The van der Waals surface area contributed by atoms with E-state index in [4.69, 9.17) is 0 Å². The normalized spacial score (nSPS) is 19.6. The molecule has 0 aliphatic carbocycles. The number of hydrogen-bond donors (Lipinski definition) is 2. The van der Waals surface area contributed by atoms with Gasteiger partial charge in [-0.25, -0.2) is 8.78 Å². The third kappa shape index (κ3) is 2.38. The molecule has 5 heteroatoms. The molecule has 1 aromatic carbocycles. The highest BCUT2D eigenvalue weighted by Gasteiger charge is 2.22. The molecule has 19 heavy (non-hydrogen) atoms. The molecule has 0 radical (unpaired) electrons. The van der Waals surface area contributed by atoms with Crippen molar-refractivity contribution in [3.05, 3.63) is 41.7 Å². The number of nitrogens with zero attached hydrogens (tertiary/aromatic N) is 1. The number of aromatic amines is 1. The van der Waals surface area contributed by atoms with E-state index in [1.54, 1.807) is 6.20 Å². The van der Waals surface area contributed by atoms with E-state index >= 15 is 0 Å². The maximum absolute atomic E-state index is 13.9. The van der Waals surface area contributed by atoms with Gasteiger partial charge in [0.05, 0.1) is 6.20 Å². The standard InChI is InChI=1S/C14H15F2N3/c15-10-3-4-11(13(16)6-10)12-8-18-19-14(12)9-2-1-5-17-7-9/h3-4,6,8-9,17H,1-2,5,7H2,(H,18,19)/t9-/m0/s1. The third-order valence-corrected chi connectivity index (χ3v) is 3.60. The van der Waals surface area contributed by atoms with Crippen molar-refractivity contribution in [2.45, 2.75) is 18.8 Å². The number of H-pyrrole nitrogens is 1. The van der Waals surface area contributed by atoms with Crippen LogP contribution in [0.15, 0.2) is 24.4 Å². The molecule has 3 nitrogen and oxygen atoms in total. The Hall–Kier alpha value is -1.75. The Kier molecular flexibility index (Phi) is 3.29. The van der Waals surface area contributed by atoms with Crippen LogP contribution < -0.4 is 5.32 Å². The first-order valence-corrected chi connectivity index (χ1v) is 6.45. The second-order valence-corrected chi connectivity index (χ2v) is 4.86. The minimum absolute atomic E-state index is 0.302. The highest BCUT2D eigenvalue weighted by molar-refractivity contribution is 5.66. The first-order chi connectivity index (χ1) is 9.25. The molecule has 2 N–H and O–H groups in total. The summed E-state index contributed by atoms with van der Waals surface area (Å²) in [4.78, 5) is 0. The monoisotopic (exact) mass is 263 g/mol. The molecule has 1 fully saturated rings. The fraction of sp³-hybridized carbons (Fsp3) is 0.357. The summed E-state index contributed by atoms with van der Waals surface area (Å²) in [5.74, 6) is -0.812. The zero-order chi connectivity index (χ0) is 13.2. The predicted octanol–water partition coefficient (Wildman–Crippen LogP) is 2.82. The fourth-order valence-corrected chi connectivity index (χ4v) is 2.63. The molecule has 2 heterocycles. The van der Waals surface area contributed by atoms with Crippen LogP contribution in [0.1, 0.15) is 24.5 Å². The summed E-state index contributed by atoms with van der Waals surface area (Å²) in [5, 5.41) is 10.3. The van der Waals surface area contributed by atoms with Gasteiger partial charge in [-0.05, 0) is 31.5 Å². The number of hydrogen-bond acceptors (Lipinski definition) is 2. The van der Waals surface area contributed by atoms with Crippen LogP contribution in [-0.4, -0.2) is 23.3 Å². The van der Waals surface area contributed by atoms with Crippen molar-refractivity contribution in [3.63, 3.8) is 0 Å². The van der Waals surface area contributed by atoms with Crippen LogP contribution in [0.25, 0.3) is 11.1 Å². The Bertz CT molecular complexity index is 574. The van der Waals surface area contributed by atoms with Crippen LogP contribution >= 0.6 is 0 Å². The SMILES string of the molecule is Fc1ccc(-c2cn[nH]c2[C@H]2CCCNC2)c(F)c1. The first-order valence-electron chi connectivity index (χ1n) is 6.45. The zero-order valence-electron chi connectivity index (χ0n) is 10.4. The molecule has 1 aromatic heterocycles. The zero-order valence-corrected chi connectivity index (χ0v) is 10.4. The van der Waals surface area contributed by atoms with Gasteiger partial charge >= 0.3 is 0 Å². The van der Waals surface area contributed by atoms with E-state index in [1.807, 2.05) is 0 Å². The van der Waals surface area contributed by atoms with Crippen molar-refractivity contribution < 1.29 is 8.78 Å². The molecule has 3 rings (SSSR count). The van der Waals surface area contributed by atoms with E-state index in [1.165, 1.54) is 12.1 Å². The third-order valence-electron chi connectivity index (χ3n) is 3.60. The van der Waals surface area contributed by atoms with Crippen molar-refractivity contribution >= 4 is 0 Å². The summed E-state index contributed by atoms with van der Waals surface area (Å²) in [5.41, 5.74) is 2.06. The van der Waals surface area contributed by atoms with E-state index in [2.05, 4.69) is 15.5 Å². The van der Waals surface area contributed by atoms with Crippen LogP contribution in [0.4, 0.5) is 8.78 Å². The Labute approximate surface area is 110 Å². The van der Waals surface area contributed by atoms with Gasteiger partial charge < -0.3 is 5.32 Å². The Morgan fingerprint density at radius 2 is 2.11 bits per heavy atom. The summed E-state index contributed by atoms with van der Waals surface area (Å²) in [6.07, 6.45) is 3.75. The largest absolute Gasteiger partial charge is 0.316 e. The number of nitrogens with one attached hydrogen (secondary N) is 2. The van der Waals surface area contributed by atoms with E-state index in [9.17, 15) is 8.78 Å². The molecule has 0 spiro atoms. The lowest BCUT2D eigenvalue weighted by Crippen LogP contribution is -2.28. The van der Waals surface area contributed by atoms with Gasteiger partial charge in [0, 0.05) is 35.3 Å². The highest BCUT2D eigenvalue weighted by Crippen LogP contribution is 2.32. The lowest BCUT2D eigenvalue weighted by molar-refractivity contribution is 0.454. The van der Waals surface area contributed by atoms with Crippen molar-refractivity contribution in [3.8, 4) is 11.1 Å². The molecule has 0 amide bonds. The van der Waals surface area contributed by atoms with Gasteiger partial charge in [-0.1, -0.05) is 0 Å². The lowest BCUT2D eigenvalue weighted by atomic mass is 9.91. The van der Waals surface area contributed by atoms with E-state index in [-0.39, 0.29) is 0 Å². The van der Waals surface area contributed by atoms with Gasteiger partial charge in [0.15, 0.2) is 0 Å². The number of halogens is 2. The van der Waals surface area contributed by atoms with Crippen molar-refractivity contribution in [1.82, 2.24) is 15.5 Å². The Balaban J connectivity index is 1.99. The van der Waals surface area contributed by atoms with Gasteiger partial charge in [-0.15, -0.1) is 0 Å². The fourth-order valence-electron chi connectivity index (χ4n) is 2.63. The minimum atomic E-state index is -0.564. The quantitative estimate of drug-likeness (QED) is 0.874.